The molecule has 3 atom stereocenters. The van der Waals surface area contributed by atoms with Gasteiger partial charge in [-0.1, -0.05) is 55.8 Å². The van der Waals surface area contributed by atoms with E-state index in [4.69, 9.17) is 4.74 Å². The standard InChI is InChI=1S/C15H20O/c1-11-9-12(2)15(16-10-11)13(3)14-7-5-4-6-8-14/h4-9,12-13,15H,10H2,1-3H3/t12-,13+,15+/m0/s1. The Morgan fingerprint density at radius 1 is 1.25 bits per heavy atom. The van der Waals surface area contributed by atoms with Crippen LogP contribution in [0.3, 0.4) is 0 Å². The topological polar surface area (TPSA) is 9.23 Å². The predicted octanol–water partition coefficient (Wildman–Crippen LogP) is 3.77. The van der Waals surface area contributed by atoms with Gasteiger partial charge < -0.3 is 4.74 Å². The van der Waals surface area contributed by atoms with Crippen molar-refractivity contribution in [3.63, 3.8) is 0 Å². The van der Waals surface area contributed by atoms with E-state index in [1.807, 2.05) is 0 Å². The Balaban J connectivity index is 2.14. The number of hydrogen-bond donors (Lipinski definition) is 0. The minimum Gasteiger partial charge on any atom is -0.373 e. The molecule has 1 aromatic carbocycles. The molecule has 0 saturated heterocycles. The van der Waals surface area contributed by atoms with Gasteiger partial charge in [0.25, 0.3) is 0 Å². The van der Waals surface area contributed by atoms with E-state index in [1.54, 1.807) is 0 Å². The molecule has 0 radical (unpaired) electrons. The Morgan fingerprint density at radius 2 is 1.94 bits per heavy atom. The predicted molar refractivity (Wildman–Crippen MR) is 67.5 cm³/mol. The molecule has 1 nitrogen and oxygen atoms in total. The van der Waals surface area contributed by atoms with Gasteiger partial charge in [0.2, 0.25) is 0 Å². The summed E-state index contributed by atoms with van der Waals surface area (Å²) in [5.41, 5.74) is 2.72. The molecule has 0 N–H and O–H groups in total. The average Bonchev–Trinajstić information content (AvgIpc) is 2.29. The minimum atomic E-state index is 0.311. The summed E-state index contributed by atoms with van der Waals surface area (Å²) < 4.78 is 5.95. The van der Waals surface area contributed by atoms with E-state index in [9.17, 15) is 0 Å². The number of benzene rings is 1. The van der Waals surface area contributed by atoms with E-state index < -0.39 is 0 Å². The summed E-state index contributed by atoms with van der Waals surface area (Å²) in [6, 6.07) is 10.6. The van der Waals surface area contributed by atoms with Crippen molar-refractivity contribution in [3.05, 3.63) is 47.5 Å². The molecule has 0 aromatic heterocycles. The lowest BCUT2D eigenvalue weighted by atomic mass is 9.86. The van der Waals surface area contributed by atoms with Gasteiger partial charge >= 0.3 is 0 Å². The monoisotopic (exact) mass is 216 g/mol. The van der Waals surface area contributed by atoms with Crippen molar-refractivity contribution in [3.8, 4) is 0 Å². The van der Waals surface area contributed by atoms with Crippen molar-refractivity contribution in [1.29, 1.82) is 0 Å². The fraction of sp³-hybridized carbons (Fsp3) is 0.467. The van der Waals surface area contributed by atoms with Gasteiger partial charge in [-0.25, -0.2) is 0 Å². The Kier molecular flexibility index (Phi) is 3.45. The van der Waals surface area contributed by atoms with Gasteiger partial charge in [-0.3, -0.25) is 0 Å². The summed E-state index contributed by atoms with van der Waals surface area (Å²) >= 11 is 0. The Labute approximate surface area is 98.1 Å². The Morgan fingerprint density at radius 3 is 2.56 bits per heavy atom. The first-order chi connectivity index (χ1) is 7.68. The van der Waals surface area contributed by atoms with E-state index >= 15 is 0 Å². The lowest BCUT2D eigenvalue weighted by Gasteiger charge is -2.32. The van der Waals surface area contributed by atoms with Crippen LogP contribution in [0.1, 0.15) is 32.3 Å². The zero-order chi connectivity index (χ0) is 11.5. The first-order valence-corrected chi connectivity index (χ1v) is 6.02. The molecule has 0 saturated carbocycles. The average molecular weight is 216 g/mol. The summed E-state index contributed by atoms with van der Waals surface area (Å²) in [5.74, 6) is 0.963. The quantitative estimate of drug-likeness (QED) is 0.684. The highest BCUT2D eigenvalue weighted by atomic mass is 16.5. The molecule has 0 fully saturated rings. The molecular formula is C15H20O. The van der Waals surface area contributed by atoms with Crippen molar-refractivity contribution in [2.45, 2.75) is 32.8 Å². The van der Waals surface area contributed by atoms with Crippen molar-refractivity contribution < 1.29 is 4.74 Å². The maximum atomic E-state index is 5.95. The van der Waals surface area contributed by atoms with E-state index in [2.05, 4.69) is 57.2 Å². The number of ether oxygens (including phenoxy) is 1. The van der Waals surface area contributed by atoms with Crippen LogP contribution in [0.4, 0.5) is 0 Å². The first-order valence-electron chi connectivity index (χ1n) is 6.02. The van der Waals surface area contributed by atoms with E-state index in [-0.39, 0.29) is 0 Å². The number of hydrogen-bond acceptors (Lipinski definition) is 1. The largest absolute Gasteiger partial charge is 0.373 e. The van der Waals surface area contributed by atoms with Crippen LogP contribution in [0, 0.1) is 5.92 Å². The van der Waals surface area contributed by atoms with Crippen LogP contribution in [0.25, 0.3) is 0 Å². The molecule has 1 aliphatic heterocycles. The third-order valence-corrected chi connectivity index (χ3v) is 3.39. The van der Waals surface area contributed by atoms with Crippen molar-refractivity contribution in [2.24, 2.45) is 5.92 Å². The van der Waals surface area contributed by atoms with Crippen LogP contribution >= 0.6 is 0 Å². The Hall–Kier alpha value is -1.08. The van der Waals surface area contributed by atoms with Gasteiger partial charge in [0.05, 0.1) is 12.7 Å². The van der Waals surface area contributed by atoms with Gasteiger partial charge in [0, 0.05) is 11.8 Å². The molecule has 0 amide bonds. The summed E-state index contributed by atoms with van der Waals surface area (Å²) in [5, 5.41) is 0. The van der Waals surface area contributed by atoms with Gasteiger partial charge in [-0.2, -0.15) is 0 Å². The normalized spacial score (nSPS) is 27.3. The molecule has 0 aliphatic carbocycles. The van der Waals surface area contributed by atoms with Crippen LogP contribution < -0.4 is 0 Å². The molecule has 2 rings (SSSR count). The number of rotatable bonds is 2. The van der Waals surface area contributed by atoms with Gasteiger partial charge in [-0.15, -0.1) is 0 Å². The highest BCUT2D eigenvalue weighted by Gasteiger charge is 2.27. The van der Waals surface area contributed by atoms with Crippen LogP contribution in [0.15, 0.2) is 42.0 Å². The van der Waals surface area contributed by atoms with Crippen LogP contribution in [-0.4, -0.2) is 12.7 Å². The lowest BCUT2D eigenvalue weighted by Crippen LogP contribution is -2.30. The maximum Gasteiger partial charge on any atom is 0.0705 e. The molecule has 0 bridgehead atoms. The highest BCUT2D eigenvalue weighted by molar-refractivity contribution is 5.21. The second-order valence-electron chi connectivity index (χ2n) is 4.85. The second kappa shape index (κ2) is 4.84. The van der Waals surface area contributed by atoms with E-state index in [1.165, 1.54) is 11.1 Å². The van der Waals surface area contributed by atoms with Gasteiger partial charge in [0.1, 0.15) is 0 Å². The third-order valence-electron chi connectivity index (χ3n) is 3.39. The third kappa shape index (κ3) is 2.35. The fourth-order valence-electron chi connectivity index (χ4n) is 2.52. The van der Waals surface area contributed by atoms with Crippen molar-refractivity contribution in [1.82, 2.24) is 0 Å². The van der Waals surface area contributed by atoms with Crippen LogP contribution in [0.2, 0.25) is 0 Å². The smallest absolute Gasteiger partial charge is 0.0705 e. The van der Waals surface area contributed by atoms with Gasteiger partial charge in [-0.05, 0) is 12.5 Å². The van der Waals surface area contributed by atoms with Crippen molar-refractivity contribution >= 4 is 0 Å². The Bertz CT molecular complexity index is 366. The molecular weight excluding hydrogens is 196 g/mol. The van der Waals surface area contributed by atoms with E-state index in [0.29, 0.717) is 17.9 Å². The molecule has 0 spiro atoms. The van der Waals surface area contributed by atoms with Gasteiger partial charge in [0.15, 0.2) is 0 Å². The zero-order valence-corrected chi connectivity index (χ0v) is 10.3. The van der Waals surface area contributed by atoms with E-state index in [0.717, 1.165) is 6.61 Å². The molecule has 1 heteroatoms. The molecule has 86 valence electrons. The molecule has 1 heterocycles. The second-order valence-corrected chi connectivity index (χ2v) is 4.85. The summed E-state index contributed by atoms with van der Waals surface area (Å²) in [6.45, 7) is 7.42. The first kappa shape index (κ1) is 11.4. The van der Waals surface area contributed by atoms with Crippen LogP contribution in [-0.2, 0) is 4.74 Å². The van der Waals surface area contributed by atoms with Crippen LogP contribution in [0.5, 0.6) is 0 Å². The molecule has 1 aromatic rings. The van der Waals surface area contributed by atoms with Crippen molar-refractivity contribution in [2.75, 3.05) is 6.61 Å². The molecule has 0 unspecified atom stereocenters. The molecule has 1 aliphatic rings. The highest BCUT2D eigenvalue weighted by Crippen LogP contribution is 2.30. The SMILES string of the molecule is CC1=C[C@H](C)[C@H]([C@H](C)c2ccccc2)OC1. The zero-order valence-electron chi connectivity index (χ0n) is 10.3. The summed E-state index contributed by atoms with van der Waals surface area (Å²) in [4.78, 5) is 0. The lowest BCUT2D eigenvalue weighted by molar-refractivity contribution is 0.0171. The molecule has 16 heavy (non-hydrogen) atoms. The maximum absolute atomic E-state index is 5.95. The summed E-state index contributed by atoms with van der Waals surface area (Å²) in [7, 11) is 0. The summed E-state index contributed by atoms with van der Waals surface area (Å²) in [6.07, 6.45) is 2.65. The fourth-order valence-corrected chi connectivity index (χ4v) is 2.52. The minimum absolute atomic E-state index is 0.311.